The molecule has 19 heavy (non-hydrogen) atoms. The summed E-state index contributed by atoms with van der Waals surface area (Å²) in [5.41, 5.74) is 1.45. The van der Waals surface area contributed by atoms with Gasteiger partial charge >= 0.3 is 0 Å². The molecule has 0 atom stereocenters. The zero-order valence-corrected chi connectivity index (χ0v) is 13.0. The van der Waals surface area contributed by atoms with Crippen LogP contribution in [0.5, 0.6) is 11.5 Å². The van der Waals surface area contributed by atoms with Crippen molar-refractivity contribution in [2.75, 3.05) is 0 Å². The molecule has 0 aromatic heterocycles. The molecule has 0 aliphatic carbocycles. The molecule has 2 aromatic rings. The van der Waals surface area contributed by atoms with Crippen LogP contribution in [0.1, 0.15) is 15.9 Å². The Morgan fingerprint density at radius 1 is 1.11 bits per heavy atom. The smallest absolute Gasteiger partial charge is 0.153 e. The van der Waals surface area contributed by atoms with Gasteiger partial charge in [0.1, 0.15) is 11.5 Å². The number of hydrogen-bond donors (Lipinski definition) is 0. The van der Waals surface area contributed by atoms with Crippen LogP contribution in [-0.4, -0.2) is 6.29 Å². The van der Waals surface area contributed by atoms with Gasteiger partial charge < -0.3 is 4.74 Å². The summed E-state index contributed by atoms with van der Waals surface area (Å²) in [6, 6.07) is 8.58. The molecule has 2 nitrogen and oxygen atoms in total. The molecule has 98 valence electrons. The van der Waals surface area contributed by atoms with Gasteiger partial charge in [0.2, 0.25) is 0 Å². The van der Waals surface area contributed by atoms with Crippen LogP contribution in [0.2, 0.25) is 10.0 Å². The molecule has 0 fully saturated rings. The summed E-state index contributed by atoms with van der Waals surface area (Å²) in [6.07, 6.45) is 0.747. The van der Waals surface area contributed by atoms with E-state index in [9.17, 15) is 4.79 Å². The third-order valence-corrected chi connectivity index (χ3v) is 3.98. The molecular formula is C14H9BrCl2O2. The van der Waals surface area contributed by atoms with Crippen molar-refractivity contribution in [1.82, 2.24) is 0 Å². The van der Waals surface area contributed by atoms with Gasteiger partial charge in [0.05, 0.1) is 15.6 Å². The van der Waals surface area contributed by atoms with E-state index < -0.39 is 0 Å². The second-order valence-electron chi connectivity index (χ2n) is 3.96. The first-order chi connectivity index (χ1) is 9.01. The lowest BCUT2D eigenvalue weighted by atomic mass is 10.1. The summed E-state index contributed by atoms with van der Waals surface area (Å²) in [7, 11) is 0. The second kappa shape index (κ2) is 5.95. The fraction of sp³-hybridized carbons (Fsp3) is 0.0714. The van der Waals surface area contributed by atoms with Crippen molar-refractivity contribution in [2.24, 2.45) is 0 Å². The van der Waals surface area contributed by atoms with Crippen molar-refractivity contribution in [3.8, 4) is 11.5 Å². The molecule has 2 aromatic carbocycles. The molecule has 0 saturated carbocycles. The SMILES string of the molecule is Cc1ccc(Oc2cc(Cl)c(Br)cc2Cl)c(C=O)c1. The normalized spacial score (nSPS) is 10.3. The molecule has 0 radical (unpaired) electrons. The molecule has 0 saturated heterocycles. The van der Waals surface area contributed by atoms with E-state index in [4.69, 9.17) is 27.9 Å². The summed E-state index contributed by atoms with van der Waals surface area (Å²) in [4.78, 5) is 11.0. The molecule has 0 heterocycles. The van der Waals surface area contributed by atoms with Gasteiger partial charge in [-0.25, -0.2) is 0 Å². The predicted octanol–water partition coefficient (Wildman–Crippen LogP) is 5.67. The number of ether oxygens (including phenoxy) is 1. The van der Waals surface area contributed by atoms with Crippen molar-refractivity contribution >= 4 is 45.4 Å². The minimum Gasteiger partial charge on any atom is -0.455 e. The Labute approximate surface area is 129 Å². The van der Waals surface area contributed by atoms with Crippen LogP contribution in [0.25, 0.3) is 0 Å². The van der Waals surface area contributed by atoms with Crippen molar-refractivity contribution in [2.45, 2.75) is 6.92 Å². The maximum Gasteiger partial charge on any atom is 0.153 e. The Bertz CT molecular complexity index is 642. The standard InChI is InChI=1S/C14H9BrCl2O2/c1-8-2-3-13(9(4-8)7-18)19-14-6-11(16)10(15)5-12(14)17/h2-7H,1H3. The largest absolute Gasteiger partial charge is 0.455 e. The highest BCUT2D eigenvalue weighted by molar-refractivity contribution is 9.10. The number of hydrogen-bond acceptors (Lipinski definition) is 2. The first kappa shape index (κ1) is 14.4. The average molecular weight is 360 g/mol. The minimum absolute atomic E-state index is 0.404. The van der Waals surface area contributed by atoms with Crippen LogP contribution in [0.4, 0.5) is 0 Å². The molecule has 0 spiro atoms. The van der Waals surface area contributed by atoms with Gasteiger partial charge in [-0.1, -0.05) is 34.8 Å². The summed E-state index contributed by atoms with van der Waals surface area (Å²) < 4.78 is 6.34. The van der Waals surface area contributed by atoms with E-state index in [2.05, 4.69) is 15.9 Å². The van der Waals surface area contributed by atoms with Crippen LogP contribution in [0.3, 0.4) is 0 Å². The van der Waals surface area contributed by atoms with E-state index in [1.807, 2.05) is 13.0 Å². The lowest BCUT2D eigenvalue weighted by Crippen LogP contribution is -1.92. The number of carbonyl (C=O) groups is 1. The molecule has 0 aliphatic rings. The van der Waals surface area contributed by atoms with Gasteiger partial charge in [-0.05, 0) is 41.1 Å². The molecule has 2 rings (SSSR count). The Kier molecular flexibility index (Phi) is 4.50. The quantitative estimate of drug-likeness (QED) is 0.521. The monoisotopic (exact) mass is 358 g/mol. The zero-order chi connectivity index (χ0) is 14.0. The zero-order valence-electron chi connectivity index (χ0n) is 9.91. The van der Waals surface area contributed by atoms with Gasteiger partial charge in [0, 0.05) is 10.5 Å². The first-order valence-corrected chi connectivity index (χ1v) is 6.94. The molecular weight excluding hydrogens is 351 g/mol. The van der Waals surface area contributed by atoms with E-state index in [1.54, 1.807) is 24.3 Å². The van der Waals surface area contributed by atoms with Crippen molar-refractivity contribution in [3.05, 3.63) is 56.0 Å². The second-order valence-corrected chi connectivity index (χ2v) is 5.63. The van der Waals surface area contributed by atoms with Gasteiger partial charge in [-0.3, -0.25) is 4.79 Å². The molecule has 0 amide bonds. The number of aryl methyl sites for hydroxylation is 1. The Morgan fingerprint density at radius 3 is 2.53 bits per heavy atom. The first-order valence-electron chi connectivity index (χ1n) is 5.39. The molecule has 0 unspecified atom stereocenters. The van der Waals surface area contributed by atoms with E-state index in [0.717, 1.165) is 11.8 Å². The fourth-order valence-electron chi connectivity index (χ4n) is 1.55. The maximum absolute atomic E-state index is 11.0. The van der Waals surface area contributed by atoms with Crippen molar-refractivity contribution < 1.29 is 9.53 Å². The van der Waals surface area contributed by atoms with Gasteiger partial charge in [0.25, 0.3) is 0 Å². The highest BCUT2D eigenvalue weighted by Gasteiger charge is 2.10. The fourth-order valence-corrected chi connectivity index (χ4v) is 2.38. The topological polar surface area (TPSA) is 26.3 Å². The van der Waals surface area contributed by atoms with Crippen molar-refractivity contribution in [1.29, 1.82) is 0 Å². The van der Waals surface area contributed by atoms with Crippen LogP contribution in [-0.2, 0) is 0 Å². The number of carbonyl (C=O) groups excluding carboxylic acids is 1. The van der Waals surface area contributed by atoms with E-state index in [0.29, 0.717) is 31.6 Å². The van der Waals surface area contributed by atoms with Gasteiger partial charge in [-0.15, -0.1) is 0 Å². The van der Waals surface area contributed by atoms with E-state index >= 15 is 0 Å². The predicted molar refractivity (Wildman–Crippen MR) is 80.8 cm³/mol. The maximum atomic E-state index is 11.0. The van der Waals surface area contributed by atoms with E-state index in [1.165, 1.54) is 0 Å². The summed E-state index contributed by atoms with van der Waals surface area (Å²) in [5.74, 6) is 0.850. The molecule has 5 heteroatoms. The number of rotatable bonds is 3. The molecule has 0 bridgehead atoms. The third kappa shape index (κ3) is 3.30. The summed E-state index contributed by atoms with van der Waals surface area (Å²) in [6.45, 7) is 1.90. The molecule has 0 aliphatic heterocycles. The highest BCUT2D eigenvalue weighted by Crippen LogP contribution is 2.37. The lowest BCUT2D eigenvalue weighted by Gasteiger charge is -2.11. The van der Waals surface area contributed by atoms with E-state index in [-0.39, 0.29) is 0 Å². The number of benzene rings is 2. The Balaban J connectivity index is 2.41. The highest BCUT2D eigenvalue weighted by atomic mass is 79.9. The van der Waals surface area contributed by atoms with Gasteiger partial charge in [0.15, 0.2) is 6.29 Å². The molecule has 0 N–H and O–H groups in total. The Morgan fingerprint density at radius 2 is 1.84 bits per heavy atom. The number of halogens is 3. The van der Waals surface area contributed by atoms with Crippen LogP contribution in [0.15, 0.2) is 34.8 Å². The summed E-state index contributed by atoms with van der Waals surface area (Å²) in [5, 5.41) is 0.896. The van der Waals surface area contributed by atoms with Crippen molar-refractivity contribution in [3.63, 3.8) is 0 Å². The van der Waals surface area contributed by atoms with Crippen LogP contribution >= 0.6 is 39.1 Å². The van der Waals surface area contributed by atoms with Crippen LogP contribution in [0, 0.1) is 6.92 Å². The lowest BCUT2D eigenvalue weighted by molar-refractivity contribution is 0.112. The average Bonchev–Trinajstić information content (AvgIpc) is 2.37. The van der Waals surface area contributed by atoms with Crippen LogP contribution < -0.4 is 4.74 Å². The van der Waals surface area contributed by atoms with Gasteiger partial charge in [-0.2, -0.15) is 0 Å². The Hall–Kier alpha value is -1.03. The third-order valence-electron chi connectivity index (χ3n) is 2.49. The summed E-state index contributed by atoms with van der Waals surface area (Å²) >= 11 is 15.3. The number of aldehydes is 1. The minimum atomic E-state index is 0.404.